The molecule has 9 heteroatoms. The van der Waals surface area contributed by atoms with Gasteiger partial charge in [-0.2, -0.15) is 5.26 Å². The fourth-order valence-corrected chi connectivity index (χ4v) is 4.53. The Morgan fingerprint density at radius 1 is 1.34 bits per heavy atom. The summed E-state index contributed by atoms with van der Waals surface area (Å²) in [5.74, 6) is -0.841. The lowest BCUT2D eigenvalue weighted by Gasteiger charge is -2.28. The molecule has 1 amide bonds. The van der Waals surface area contributed by atoms with E-state index in [1.165, 1.54) is 13.2 Å². The SMILES string of the molecule is COc1cc(CC(=O)N2CCCO[C@H](c3ccc4c(c3C)COC4=O)CNCC2)c(F)cc1C#N. The number of hydrogen-bond acceptors (Lipinski definition) is 7. The molecule has 1 N–H and O–H groups in total. The van der Waals surface area contributed by atoms with Crippen LogP contribution < -0.4 is 10.1 Å². The lowest BCUT2D eigenvalue weighted by atomic mass is 9.95. The Morgan fingerprint density at radius 2 is 2.17 bits per heavy atom. The number of nitriles is 1. The van der Waals surface area contributed by atoms with E-state index in [0.29, 0.717) is 44.8 Å². The fraction of sp³-hybridized carbons (Fsp3) is 0.423. The van der Waals surface area contributed by atoms with Crippen LogP contribution in [0, 0.1) is 24.1 Å². The molecule has 0 bridgehead atoms. The van der Waals surface area contributed by atoms with Crippen molar-refractivity contribution in [1.82, 2.24) is 10.2 Å². The zero-order chi connectivity index (χ0) is 24.9. The Bertz CT molecular complexity index is 1160. The summed E-state index contributed by atoms with van der Waals surface area (Å²) in [7, 11) is 1.40. The number of carbonyl (C=O) groups is 2. The van der Waals surface area contributed by atoms with Gasteiger partial charge in [-0.1, -0.05) is 6.07 Å². The Balaban J connectivity index is 1.39. The van der Waals surface area contributed by atoms with E-state index >= 15 is 0 Å². The van der Waals surface area contributed by atoms with Gasteiger partial charge >= 0.3 is 5.97 Å². The van der Waals surface area contributed by atoms with E-state index in [9.17, 15) is 14.0 Å². The summed E-state index contributed by atoms with van der Waals surface area (Å²) in [6.45, 7) is 4.78. The number of cyclic esters (lactones) is 1. The third kappa shape index (κ3) is 5.29. The summed E-state index contributed by atoms with van der Waals surface area (Å²) < 4.78 is 30.9. The third-order valence-electron chi connectivity index (χ3n) is 6.52. The van der Waals surface area contributed by atoms with Gasteiger partial charge in [-0.15, -0.1) is 0 Å². The van der Waals surface area contributed by atoms with Crippen LogP contribution in [-0.2, 0) is 27.3 Å². The molecule has 0 spiro atoms. The predicted octanol–water partition coefficient (Wildman–Crippen LogP) is 2.81. The zero-order valence-electron chi connectivity index (χ0n) is 19.9. The number of benzene rings is 2. The van der Waals surface area contributed by atoms with Crippen LogP contribution in [0.1, 0.15) is 50.7 Å². The van der Waals surface area contributed by atoms with Crippen LogP contribution in [0.5, 0.6) is 5.75 Å². The molecule has 2 aliphatic heterocycles. The molecule has 0 aromatic heterocycles. The molecule has 0 unspecified atom stereocenters. The number of methoxy groups -OCH3 is 1. The van der Waals surface area contributed by atoms with Gasteiger partial charge in [-0.3, -0.25) is 4.79 Å². The second-order valence-electron chi connectivity index (χ2n) is 8.61. The number of ether oxygens (including phenoxy) is 3. The lowest BCUT2D eigenvalue weighted by Crippen LogP contribution is -2.41. The molecule has 0 radical (unpaired) electrons. The van der Waals surface area contributed by atoms with Gasteiger partial charge in [-0.25, -0.2) is 9.18 Å². The average Bonchev–Trinajstić information content (AvgIpc) is 3.24. The molecule has 1 atom stereocenters. The maximum absolute atomic E-state index is 14.4. The van der Waals surface area contributed by atoms with Crippen LogP contribution in [-0.4, -0.2) is 56.7 Å². The maximum atomic E-state index is 14.4. The number of esters is 1. The molecule has 35 heavy (non-hydrogen) atoms. The Hall–Kier alpha value is -3.48. The van der Waals surface area contributed by atoms with Crippen LogP contribution in [0.25, 0.3) is 0 Å². The molecule has 2 aromatic rings. The van der Waals surface area contributed by atoms with E-state index in [4.69, 9.17) is 19.5 Å². The Morgan fingerprint density at radius 3 is 2.94 bits per heavy atom. The van der Waals surface area contributed by atoms with Crippen molar-refractivity contribution in [3.8, 4) is 11.8 Å². The number of fused-ring (bicyclic) bond motifs is 1. The number of halogens is 1. The van der Waals surface area contributed by atoms with Crippen LogP contribution >= 0.6 is 0 Å². The van der Waals surface area contributed by atoms with Crippen molar-refractivity contribution in [2.75, 3.05) is 39.9 Å². The number of carbonyl (C=O) groups excluding carboxylic acids is 2. The highest BCUT2D eigenvalue weighted by Gasteiger charge is 2.27. The van der Waals surface area contributed by atoms with Crippen LogP contribution in [0.4, 0.5) is 4.39 Å². The summed E-state index contributed by atoms with van der Waals surface area (Å²) >= 11 is 0. The molecular formula is C26H28FN3O5. The normalized spacial score (nSPS) is 18.4. The number of nitrogens with one attached hydrogen (secondary N) is 1. The maximum Gasteiger partial charge on any atom is 0.338 e. The quantitative estimate of drug-likeness (QED) is 0.670. The van der Waals surface area contributed by atoms with Crippen molar-refractivity contribution in [2.24, 2.45) is 0 Å². The highest BCUT2D eigenvalue weighted by Crippen LogP contribution is 2.30. The van der Waals surface area contributed by atoms with Gasteiger partial charge in [-0.05, 0) is 42.7 Å². The second-order valence-corrected chi connectivity index (χ2v) is 8.61. The molecule has 4 rings (SSSR count). The van der Waals surface area contributed by atoms with Gasteiger partial charge in [0.2, 0.25) is 5.91 Å². The standard InChI is InChI=1S/C26H28FN3O5/c1-16-19(4-5-20-21(16)15-35-26(20)32)24-14-29-6-8-30(7-3-9-34-24)25(31)12-17-11-23(33-2)18(13-28)10-22(17)27/h4-5,10-11,24,29H,3,6-9,12,14-15H2,1-2H3/t24-/m0/s1. The van der Waals surface area contributed by atoms with E-state index in [-0.39, 0.29) is 47.9 Å². The molecule has 8 nitrogen and oxygen atoms in total. The molecular weight excluding hydrogens is 453 g/mol. The van der Waals surface area contributed by atoms with Gasteiger partial charge < -0.3 is 24.4 Å². The fourth-order valence-electron chi connectivity index (χ4n) is 4.53. The van der Waals surface area contributed by atoms with Gasteiger partial charge in [0.05, 0.1) is 30.8 Å². The van der Waals surface area contributed by atoms with Crippen LogP contribution in [0.3, 0.4) is 0 Å². The first-order valence-electron chi connectivity index (χ1n) is 11.6. The Kier molecular flexibility index (Phi) is 7.63. The van der Waals surface area contributed by atoms with E-state index in [2.05, 4.69) is 5.32 Å². The van der Waals surface area contributed by atoms with E-state index in [0.717, 1.165) is 22.8 Å². The van der Waals surface area contributed by atoms with Crippen LogP contribution in [0.2, 0.25) is 0 Å². The smallest absolute Gasteiger partial charge is 0.338 e. The minimum absolute atomic E-state index is 0.0915. The first-order chi connectivity index (χ1) is 16.9. The van der Waals surface area contributed by atoms with Gasteiger partial charge in [0, 0.05) is 43.9 Å². The highest BCUT2D eigenvalue weighted by molar-refractivity contribution is 5.94. The largest absolute Gasteiger partial charge is 0.495 e. The number of nitrogens with zero attached hydrogens (tertiary/aromatic N) is 2. The molecule has 0 saturated carbocycles. The van der Waals surface area contributed by atoms with Crippen LogP contribution in [0.15, 0.2) is 24.3 Å². The molecule has 2 heterocycles. The van der Waals surface area contributed by atoms with Gasteiger partial charge in [0.25, 0.3) is 0 Å². The van der Waals surface area contributed by atoms with Crippen molar-refractivity contribution in [3.63, 3.8) is 0 Å². The Labute approximate surface area is 203 Å². The minimum atomic E-state index is -0.599. The van der Waals surface area contributed by atoms with Crippen molar-refractivity contribution >= 4 is 11.9 Å². The first-order valence-corrected chi connectivity index (χ1v) is 11.6. The molecule has 1 fully saturated rings. The molecule has 184 valence electrons. The van der Waals surface area contributed by atoms with Crippen molar-refractivity contribution < 1.29 is 28.2 Å². The molecule has 2 aromatic carbocycles. The first kappa shape index (κ1) is 24.6. The minimum Gasteiger partial charge on any atom is -0.495 e. The van der Waals surface area contributed by atoms with E-state index < -0.39 is 5.82 Å². The summed E-state index contributed by atoms with van der Waals surface area (Å²) in [6.07, 6.45) is 0.331. The van der Waals surface area contributed by atoms with Gasteiger partial charge in [0.1, 0.15) is 24.2 Å². The van der Waals surface area contributed by atoms with Crippen molar-refractivity contribution in [1.29, 1.82) is 5.26 Å². The van der Waals surface area contributed by atoms with Crippen molar-refractivity contribution in [3.05, 3.63) is 63.5 Å². The van der Waals surface area contributed by atoms with E-state index in [1.807, 2.05) is 19.1 Å². The second kappa shape index (κ2) is 10.8. The number of amides is 1. The molecule has 1 saturated heterocycles. The lowest BCUT2D eigenvalue weighted by molar-refractivity contribution is -0.130. The molecule has 2 aliphatic rings. The summed E-state index contributed by atoms with van der Waals surface area (Å²) in [4.78, 5) is 26.5. The average molecular weight is 482 g/mol. The third-order valence-corrected chi connectivity index (χ3v) is 6.52. The summed E-state index contributed by atoms with van der Waals surface area (Å²) in [6, 6.07) is 8.13. The molecule has 0 aliphatic carbocycles. The van der Waals surface area contributed by atoms with Crippen molar-refractivity contribution in [2.45, 2.75) is 32.5 Å². The highest BCUT2D eigenvalue weighted by atomic mass is 19.1. The van der Waals surface area contributed by atoms with E-state index in [1.54, 1.807) is 11.0 Å². The summed E-state index contributed by atoms with van der Waals surface area (Å²) in [5.41, 5.74) is 3.85. The topological polar surface area (TPSA) is 101 Å². The zero-order valence-corrected chi connectivity index (χ0v) is 19.9. The number of rotatable bonds is 4. The van der Waals surface area contributed by atoms with Gasteiger partial charge in [0.15, 0.2) is 0 Å². The summed E-state index contributed by atoms with van der Waals surface area (Å²) in [5, 5.41) is 12.5. The monoisotopic (exact) mass is 481 g/mol. The number of hydrogen-bond donors (Lipinski definition) is 1. The predicted molar refractivity (Wildman–Crippen MR) is 124 cm³/mol.